The summed E-state index contributed by atoms with van der Waals surface area (Å²) in [7, 11) is 0. The Morgan fingerprint density at radius 3 is 2.28 bits per heavy atom. The summed E-state index contributed by atoms with van der Waals surface area (Å²) in [5.41, 5.74) is 1.56. The number of rotatable bonds is 1. The van der Waals surface area contributed by atoms with Crippen LogP contribution in [0.2, 0.25) is 15.1 Å². The van der Waals surface area contributed by atoms with Gasteiger partial charge in [0.05, 0.1) is 15.4 Å². The van der Waals surface area contributed by atoms with E-state index in [2.05, 4.69) is 5.16 Å². The first kappa shape index (κ1) is 11.8. The molecule has 0 saturated carbocycles. The average Bonchev–Trinajstić information content (AvgIpc) is 2.74. The van der Waals surface area contributed by atoms with Crippen LogP contribution in [-0.4, -0.2) is 5.16 Å². The summed E-state index contributed by atoms with van der Waals surface area (Å²) in [6.45, 7) is 0. The molecule has 2 nitrogen and oxygen atoms in total. The average molecular weight is 299 g/mol. The van der Waals surface area contributed by atoms with Crippen LogP contribution in [-0.2, 0) is 0 Å². The van der Waals surface area contributed by atoms with E-state index < -0.39 is 0 Å². The molecule has 0 radical (unpaired) electrons. The van der Waals surface area contributed by atoms with E-state index in [4.69, 9.17) is 39.3 Å². The van der Waals surface area contributed by atoms with Gasteiger partial charge >= 0.3 is 0 Å². The fraction of sp³-hybridized carbons (Fsp3) is 0. The van der Waals surface area contributed by atoms with Gasteiger partial charge in [-0.1, -0.05) is 40.0 Å². The van der Waals surface area contributed by atoms with Gasteiger partial charge < -0.3 is 4.52 Å². The molecule has 3 aromatic rings. The summed E-state index contributed by atoms with van der Waals surface area (Å²) in [5.74, 6) is 0.653. The van der Waals surface area contributed by atoms with Crippen molar-refractivity contribution < 1.29 is 4.52 Å². The van der Waals surface area contributed by atoms with Gasteiger partial charge in [-0.2, -0.15) is 0 Å². The monoisotopic (exact) mass is 297 g/mol. The first-order valence-corrected chi connectivity index (χ1v) is 6.29. The molecule has 90 valence electrons. The Balaban J connectivity index is 2.23. The van der Waals surface area contributed by atoms with Crippen LogP contribution >= 0.6 is 34.8 Å². The number of nitrogens with zero attached hydrogens (tertiary/aromatic N) is 1. The molecule has 0 N–H and O–H groups in total. The molecule has 5 heteroatoms. The fourth-order valence-electron chi connectivity index (χ4n) is 1.75. The van der Waals surface area contributed by atoms with Gasteiger partial charge in [0.1, 0.15) is 5.52 Å². The topological polar surface area (TPSA) is 26.0 Å². The minimum absolute atomic E-state index is 0.458. The predicted octanol–water partition coefficient (Wildman–Crippen LogP) is 5.46. The van der Waals surface area contributed by atoms with Gasteiger partial charge in [0.15, 0.2) is 5.76 Å². The van der Waals surface area contributed by atoms with E-state index in [1.165, 1.54) is 0 Å². The summed E-state index contributed by atoms with van der Waals surface area (Å²) >= 11 is 17.8. The smallest absolute Gasteiger partial charge is 0.174 e. The first-order valence-electron chi connectivity index (χ1n) is 5.15. The molecule has 1 heterocycles. The van der Waals surface area contributed by atoms with E-state index in [1.54, 1.807) is 24.3 Å². The summed E-state index contributed by atoms with van der Waals surface area (Å²) in [5, 5.41) is 6.40. The van der Waals surface area contributed by atoms with Gasteiger partial charge in [-0.25, -0.2) is 0 Å². The minimum atomic E-state index is 0.458. The molecule has 0 bridgehead atoms. The molecule has 18 heavy (non-hydrogen) atoms. The molecule has 1 aromatic heterocycles. The maximum absolute atomic E-state index is 6.01. The van der Waals surface area contributed by atoms with Crippen LogP contribution in [0.1, 0.15) is 0 Å². The molecular weight excluding hydrogens is 293 g/mol. The van der Waals surface area contributed by atoms with E-state index in [9.17, 15) is 0 Å². The number of hydrogen-bond donors (Lipinski definition) is 0. The van der Waals surface area contributed by atoms with Crippen LogP contribution in [0.25, 0.3) is 22.2 Å². The molecule has 0 spiro atoms. The molecule has 0 atom stereocenters. The summed E-state index contributed by atoms with van der Waals surface area (Å²) in [6.07, 6.45) is 0. The van der Waals surface area contributed by atoms with Crippen molar-refractivity contribution in [2.45, 2.75) is 0 Å². The number of hydrogen-bond acceptors (Lipinski definition) is 2. The van der Waals surface area contributed by atoms with E-state index in [0.717, 1.165) is 10.9 Å². The van der Waals surface area contributed by atoms with Crippen LogP contribution in [0.15, 0.2) is 40.9 Å². The maximum Gasteiger partial charge on any atom is 0.174 e. The predicted molar refractivity (Wildman–Crippen MR) is 74.5 cm³/mol. The molecule has 0 aliphatic rings. The molecule has 0 amide bonds. The van der Waals surface area contributed by atoms with Crippen molar-refractivity contribution in [2.24, 2.45) is 0 Å². The summed E-state index contributed by atoms with van der Waals surface area (Å²) in [4.78, 5) is 0. The third-order valence-electron chi connectivity index (χ3n) is 2.62. The third-order valence-corrected chi connectivity index (χ3v) is 3.60. The second-order valence-corrected chi connectivity index (χ2v) is 5.05. The van der Waals surface area contributed by atoms with E-state index >= 15 is 0 Å². The highest BCUT2D eigenvalue weighted by atomic mass is 35.5. The van der Waals surface area contributed by atoms with Crippen molar-refractivity contribution in [3.63, 3.8) is 0 Å². The molecule has 3 rings (SSSR count). The zero-order valence-electron chi connectivity index (χ0n) is 8.95. The van der Waals surface area contributed by atoms with Crippen molar-refractivity contribution in [3.05, 3.63) is 51.5 Å². The minimum Gasteiger partial charge on any atom is -0.355 e. The highest BCUT2D eigenvalue weighted by Crippen LogP contribution is 2.34. The van der Waals surface area contributed by atoms with Gasteiger partial charge in [0.25, 0.3) is 0 Å². The third kappa shape index (κ3) is 1.97. The SMILES string of the molecule is Clc1ccc(-c2onc3cc(Cl)c(Cl)cc23)cc1. The molecule has 0 aliphatic heterocycles. The molecule has 0 saturated heterocycles. The normalized spacial score (nSPS) is 11.1. The molecular formula is C13H6Cl3NO. The molecule has 0 fully saturated rings. The Kier molecular flexibility index (Phi) is 2.94. The fourth-order valence-corrected chi connectivity index (χ4v) is 2.19. The lowest BCUT2D eigenvalue weighted by atomic mass is 10.1. The second-order valence-electron chi connectivity index (χ2n) is 3.80. The van der Waals surface area contributed by atoms with E-state index in [-0.39, 0.29) is 0 Å². The number of aromatic nitrogens is 1. The van der Waals surface area contributed by atoms with Gasteiger partial charge in [0.2, 0.25) is 0 Å². The van der Waals surface area contributed by atoms with Crippen LogP contribution in [0.4, 0.5) is 0 Å². The van der Waals surface area contributed by atoms with Crippen LogP contribution in [0.3, 0.4) is 0 Å². The first-order chi connectivity index (χ1) is 8.65. The molecule has 0 unspecified atom stereocenters. The Bertz CT molecular complexity index is 719. The zero-order chi connectivity index (χ0) is 12.7. The lowest BCUT2D eigenvalue weighted by Gasteiger charge is -1.98. The standard InChI is InChI=1S/C13H6Cl3NO/c14-8-3-1-7(2-4-8)13-9-5-10(15)11(16)6-12(9)17-18-13/h1-6H. The lowest BCUT2D eigenvalue weighted by molar-refractivity contribution is 0.441. The number of halogens is 3. The Hall–Kier alpha value is -1.22. The van der Waals surface area contributed by atoms with Gasteiger partial charge in [-0.3, -0.25) is 0 Å². The van der Waals surface area contributed by atoms with Crippen LogP contribution in [0, 0.1) is 0 Å². The highest BCUT2D eigenvalue weighted by molar-refractivity contribution is 6.42. The maximum atomic E-state index is 6.01. The van der Waals surface area contributed by atoms with Crippen molar-refractivity contribution >= 4 is 45.7 Å². The van der Waals surface area contributed by atoms with Crippen LogP contribution < -0.4 is 0 Å². The quantitative estimate of drug-likeness (QED) is 0.596. The number of fused-ring (bicyclic) bond motifs is 1. The van der Waals surface area contributed by atoms with E-state index in [1.807, 2.05) is 12.1 Å². The molecule has 2 aromatic carbocycles. The summed E-state index contributed by atoms with van der Waals surface area (Å²) in [6, 6.07) is 10.8. The number of benzene rings is 2. The van der Waals surface area contributed by atoms with Gasteiger partial charge in [0, 0.05) is 10.6 Å². The zero-order valence-corrected chi connectivity index (χ0v) is 11.2. The van der Waals surface area contributed by atoms with Gasteiger partial charge in [-0.15, -0.1) is 0 Å². The largest absolute Gasteiger partial charge is 0.355 e. The summed E-state index contributed by atoms with van der Waals surface area (Å²) < 4.78 is 5.34. The Morgan fingerprint density at radius 2 is 1.56 bits per heavy atom. The van der Waals surface area contributed by atoms with Crippen molar-refractivity contribution in [1.82, 2.24) is 5.16 Å². The van der Waals surface area contributed by atoms with Gasteiger partial charge in [-0.05, 0) is 36.4 Å². The lowest BCUT2D eigenvalue weighted by Crippen LogP contribution is -1.76. The van der Waals surface area contributed by atoms with Crippen molar-refractivity contribution in [3.8, 4) is 11.3 Å². The molecule has 0 aliphatic carbocycles. The Morgan fingerprint density at radius 1 is 0.889 bits per heavy atom. The van der Waals surface area contributed by atoms with Crippen LogP contribution in [0.5, 0.6) is 0 Å². The highest BCUT2D eigenvalue weighted by Gasteiger charge is 2.12. The van der Waals surface area contributed by atoms with E-state index in [0.29, 0.717) is 26.3 Å². The van der Waals surface area contributed by atoms with Crippen molar-refractivity contribution in [2.75, 3.05) is 0 Å². The van der Waals surface area contributed by atoms with Crippen molar-refractivity contribution in [1.29, 1.82) is 0 Å². The second kappa shape index (κ2) is 4.47. The Labute approximate surface area is 118 Å².